The third-order valence-corrected chi connectivity index (χ3v) is 4.78. The molecule has 0 aromatic heterocycles. The van der Waals surface area contributed by atoms with Crippen molar-refractivity contribution in [2.24, 2.45) is 11.7 Å². The number of carbonyl (C=O) groups is 1. The zero-order chi connectivity index (χ0) is 16.6. The lowest BCUT2D eigenvalue weighted by molar-refractivity contribution is -0.135. The van der Waals surface area contributed by atoms with E-state index in [1.165, 1.54) is 0 Å². The number of carbonyl (C=O) groups excluding carboxylic acids is 1. The van der Waals surface area contributed by atoms with Gasteiger partial charge in [-0.3, -0.25) is 10.2 Å². The number of fused-ring (bicyclic) bond motifs is 1. The summed E-state index contributed by atoms with van der Waals surface area (Å²) >= 11 is 0. The van der Waals surface area contributed by atoms with Gasteiger partial charge in [0.05, 0.1) is 5.92 Å². The largest absolute Gasteiger partial charge is 0.384 e. The van der Waals surface area contributed by atoms with Gasteiger partial charge in [-0.2, -0.15) is 8.42 Å². The van der Waals surface area contributed by atoms with Crippen LogP contribution in [-0.4, -0.2) is 20.2 Å². The van der Waals surface area contributed by atoms with Gasteiger partial charge in [-0.15, -0.1) is 0 Å². The molecule has 2 aromatic rings. The fraction of sp³-hybridized carbons (Fsp3) is 0.250. The van der Waals surface area contributed by atoms with Crippen LogP contribution < -0.4 is 5.73 Å². The fourth-order valence-electron chi connectivity index (χ4n) is 2.30. The Morgan fingerprint density at radius 1 is 1.17 bits per heavy atom. The highest BCUT2D eigenvalue weighted by Gasteiger charge is 2.34. The molecule has 1 aliphatic carbocycles. The summed E-state index contributed by atoms with van der Waals surface area (Å²) in [6.45, 7) is 0. The molecule has 0 unspecified atom stereocenters. The van der Waals surface area contributed by atoms with Crippen LogP contribution in [0.4, 0.5) is 0 Å². The molecule has 120 valence electrons. The van der Waals surface area contributed by atoms with E-state index in [2.05, 4.69) is 4.18 Å². The fourth-order valence-corrected chi connectivity index (χ4v) is 3.33. The summed E-state index contributed by atoms with van der Waals surface area (Å²) in [4.78, 5) is 11.5. The van der Waals surface area contributed by atoms with Crippen LogP contribution in [0.3, 0.4) is 0 Å². The van der Waals surface area contributed by atoms with Crippen LogP contribution in [0.25, 0.3) is 10.8 Å². The molecule has 6 nitrogen and oxygen atoms in total. The average Bonchev–Trinajstić information content (AvgIpc) is 3.30. The summed E-state index contributed by atoms with van der Waals surface area (Å²) in [6, 6.07) is 10.4. The molecule has 0 aliphatic heterocycles. The summed E-state index contributed by atoms with van der Waals surface area (Å²) in [5.41, 5.74) is 6.60. The van der Waals surface area contributed by atoms with E-state index in [0.29, 0.717) is 24.0 Å². The van der Waals surface area contributed by atoms with Crippen molar-refractivity contribution in [1.29, 1.82) is 5.41 Å². The Hall–Kier alpha value is -2.41. The second kappa shape index (κ2) is 5.66. The normalized spacial score (nSPS) is 14.6. The van der Waals surface area contributed by atoms with Crippen molar-refractivity contribution in [2.75, 3.05) is 0 Å². The van der Waals surface area contributed by atoms with Gasteiger partial charge in [0, 0.05) is 5.56 Å². The van der Waals surface area contributed by atoms with Gasteiger partial charge in [0.2, 0.25) is 0 Å². The van der Waals surface area contributed by atoms with Gasteiger partial charge >= 0.3 is 16.1 Å². The van der Waals surface area contributed by atoms with E-state index in [-0.39, 0.29) is 17.5 Å². The van der Waals surface area contributed by atoms with Crippen LogP contribution in [-0.2, 0) is 24.8 Å². The lowest BCUT2D eigenvalue weighted by Gasteiger charge is -2.07. The standard InChI is InChI=1S/C16H16N2O4S/c17-15(18)14-6-5-12-7-10(1-2-13(12)8-14)9-23(20,21)22-16(19)11-3-4-11/h1-2,5-8,11H,3-4,9H2,(H3,17,18). The second-order valence-electron chi connectivity index (χ2n) is 5.69. The summed E-state index contributed by atoms with van der Waals surface area (Å²) in [6.07, 6.45) is 1.39. The number of benzene rings is 2. The highest BCUT2D eigenvalue weighted by molar-refractivity contribution is 7.86. The van der Waals surface area contributed by atoms with Gasteiger partial charge in [0.25, 0.3) is 0 Å². The van der Waals surface area contributed by atoms with Crippen LogP contribution in [0.5, 0.6) is 0 Å². The van der Waals surface area contributed by atoms with E-state index in [0.717, 1.165) is 10.8 Å². The van der Waals surface area contributed by atoms with E-state index in [9.17, 15) is 13.2 Å². The zero-order valence-corrected chi connectivity index (χ0v) is 13.1. The molecule has 1 fully saturated rings. The third kappa shape index (κ3) is 3.68. The Morgan fingerprint density at radius 3 is 2.48 bits per heavy atom. The topological polar surface area (TPSA) is 110 Å². The highest BCUT2D eigenvalue weighted by atomic mass is 32.2. The summed E-state index contributed by atoms with van der Waals surface area (Å²) in [5.74, 6) is -1.29. The number of nitrogens with one attached hydrogen (secondary N) is 1. The van der Waals surface area contributed by atoms with Crippen LogP contribution in [0.2, 0.25) is 0 Å². The van der Waals surface area contributed by atoms with E-state index in [1.54, 1.807) is 36.4 Å². The Balaban J connectivity index is 1.81. The number of rotatable bonds is 5. The van der Waals surface area contributed by atoms with E-state index in [1.807, 2.05) is 0 Å². The highest BCUT2D eigenvalue weighted by Crippen LogP contribution is 2.31. The van der Waals surface area contributed by atoms with Gasteiger partial charge in [-0.05, 0) is 35.2 Å². The molecule has 0 spiro atoms. The molecule has 3 rings (SSSR count). The van der Waals surface area contributed by atoms with E-state index < -0.39 is 16.1 Å². The number of amidine groups is 1. The van der Waals surface area contributed by atoms with Crippen LogP contribution in [0.1, 0.15) is 24.0 Å². The molecule has 3 N–H and O–H groups in total. The van der Waals surface area contributed by atoms with Crippen molar-refractivity contribution in [2.45, 2.75) is 18.6 Å². The smallest absolute Gasteiger partial charge is 0.325 e. The quantitative estimate of drug-likeness (QED) is 0.493. The average molecular weight is 332 g/mol. The summed E-state index contributed by atoms with van der Waals surface area (Å²) < 4.78 is 28.5. The van der Waals surface area contributed by atoms with Gasteiger partial charge < -0.3 is 9.92 Å². The van der Waals surface area contributed by atoms with Crippen molar-refractivity contribution >= 4 is 32.7 Å². The monoisotopic (exact) mass is 332 g/mol. The molecule has 7 heteroatoms. The van der Waals surface area contributed by atoms with Crippen LogP contribution in [0.15, 0.2) is 36.4 Å². The minimum Gasteiger partial charge on any atom is -0.384 e. The molecule has 0 bridgehead atoms. The van der Waals surface area contributed by atoms with Crippen molar-refractivity contribution in [3.63, 3.8) is 0 Å². The maximum atomic E-state index is 11.9. The molecule has 2 aromatic carbocycles. The maximum absolute atomic E-state index is 11.9. The third-order valence-electron chi connectivity index (χ3n) is 3.68. The number of nitrogens with two attached hydrogens (primary N) is 1. The number of nitrogen functional groups attached to an aromatic ring is 1. The van der Waals surface area contributed by atoms with E-state index in [4.69, 9.17) is 11.1 Å². The number of hydrogen-bond donors (Lipinski definition) is 2. The van der Waals surface area contributed by atoms with Crippen LogP contribution >= 0.6 is 0 Å². The molecular formula is C16H16N2O4S. The summed E-state index contributed by atoms with van der Waals surface area (Å²) in [7, 11) is -3.93. The Kier molecular flexibility index (Phi) is 3.81. The molecule has 0 saturated heterocycles. The Morgan fingerprint density at radius 2 is 1.83 bits per heavy atom. The first kappa shape index (κ1) is 15.5. The first-order valence-corrected chi connectivity index (χ1v) is 8.75. The molecule has 0 atom stereocenters. The van der Waals surface area contributed by atoms with Crippen molar-refractivity contribution in [3.8, 4) is 0 Å². The maximum Gasteiger partial charge on any atom is 0.325 e. The van der Waals surface area contributed by atoms with Gasteiger partial charge in [-0.1, -0.05) is 30.3 Å². The number of hydrogen-bond acceptors (Lipinski definition) is 5. The second-order valence-corrected chi connectivity index (χ2v) is 7.26. The van der Waals surface area contributed by atoms with E-state index >= 15 is 0 Å². The molecule has 0 amide bonds. The van der Waals surface area contributed by atoms with Crippen molar-refractivity contribution < 1.29 is 17.4 Å². The first-order chi connectivity index (χ1) is 10.8. The van der Waals surface area contributed by atoms with Gasteiger partial charge in [-0.25, -0.2) is 0 Å². The zero-order valence-electron chi connectivity index (χ0n) is 12.3. The van der Waals surface area contributed by atoms with Crippen molar-refractivity contribution in [3.05, 3.63) is 47.5 Å². The minimum absolute atomic E-state index is 0.0226. The molecular weight excluding hydrogens is 316 g/mol. The Bertz CT molecular complexity index is 901. The van der Waals surface area contributed by atoms with Crippen molar-refractivity contribution in [1.82, 2.24) is 0 Å². The Labute approximate surface area is 133 Å². The predicted molar refractivity (Wildman–Crippen MR) is 86.4 cm³/mol. The minimum atomic E-state index is -3.93. The molecule has 0 radical (unpaired) electrons. The van der Waals surface area contributed by atoms with Crippen LogP contribution in [0, 0.1) is 11.3 Å². The lowest BCUT2D eigenvalue weighted by Crippen LogP contribution is -2.16. The molecule has 0 heterocycles. The van der Waals surface area contributed by atoms with Gasteiger partial charge in [0.1, 0.15) is 11.6 Å². The predicted octanol–water partition coefficient (Wildman–Crippen LogP) is 1.91. The van der Waals surface area contributed by atoms with Gasteiger partial charge in [0.15, 0.2) is 0 Å². The molecule has 1 saturated carbocycles. The molecule has 23 heavy (non-hydrogen) atoms. The SMILES string of the molecule is N=C(N)c1ccc2cc(CS(=O)(=O)OC(=O)C3CC3)ccc2c1. The molecule has 1 aliphatic rings. The lowest BCUT2D eigenvalue weighted by atomic mass is 10.0. The summed E-state index contributed by atoms with van der Waals surface area (Å²) in [5, 5.41) is 9.11. The first-order valence-electron chi connectivity index (χ1n) is 7.17.